The molecule has 0 spiro atoms. The van der Waals surface area contributed by atoms with Crippen molar-refractivity contribution in [3.8, 4) is 0 Å². The number of aryl methyl sites for hydroxylation is 4. The third-order valence-electron chi connectivity index (χ3n) is 3.45. The van der Waals surface area contributed by atoms with Gasteiger partial charge in [-0.2, -0.15) is 10.2 Å². The highest BCUT2D eigenvalue weighted by Gasteiger charge is 2.01. The van der Waals surface area contributed by atoms with E-state index in [2.05, 4.69) is 10.2 Å². The topological polar surface area (TPSA) is 51.0 Å². The fourth-order valence-corrected chi connectivity index (χ4v) is 2.12. The van der Waals surface area contributed by atoms with E-state index in [0.717, 1.165) is 60.1 Å². The molecule has 0 fully saturated rings. The first kappa shape index (κ1) is 16.3. The molecule has 4 heteroatoms. The number of furan rings is 2. The van der Waals surface area contributed by atoms with Crippen LogP contribution < -0.4 is 0 Å². The summed E-state index contributed by atoms with van der Waals surface area (Å²) in [7, 11) is 0. The molecule has 0 aliphatic carbocycles. The van der Waals surface area contributed by atoms with E-state index in [1.807, 2.05) is 52.0 Å². The summed E-state index contributed by atoms with van der Waals surface area (Å²) in [5.41, 5.74) is 2.03. The zero-order chi connectivity index (χ0) is 15.9. The van der Waals surface area contributed by atoms with E-state index in [1.165, 1.54) is 0 Å². The standard InChI is InChI=1S/C18H24N2O2/c1-13(5-9-17-11-7-15(3)21-17)19-20-14(2)6-10-18-12-8-16(4)22-18/h7-8,11-12H,5-6,9-10H2,1-4H3/b19-13-,20-14-. The Labute approximate surface area is 131 Å². The van der Waals surface area contributed by atoms with E-state index in [4.69, 9.17) is 8.83 Å². The number of hydrogen-bond donors (Lipinski definition) is 0. The summed E-state index contributed by atoms with van der Waals surface area (Å²) in [4.78, 5) is 0. The fraction of sp³-hybridized carbons (Fsp3) is 0.444. The average Bonchev–Trinajstić information content (AvgIpc) is 3.09. The molecule has 0 saturated carbocycles. The molecule has 22 heavy (non-hydrogen) atoms. The monoisotopic (exact) mass is 300 g/mol. The Bertz CT molecular complexity index is 604. The van der Waals surface area contributed by atoms with Crippen molar-refractivity contribution < 1.29 is 8.83 Å². The molecule has 0 atom stereocenters. The van der Waals surface area contributed by atoms with Crippen molar-refractivity contribution in [2.24, 2.45) is 10.2 Å². The van der Waals surface area contributed by atoms with Gasteiger partial charge in [-0.25, -0.2) is 0 Å². The zero-order valence-electron chi connectivity index (χ0n) is 13.8. The van der Waals surface area contributed by atoms with E-state index in [-0.39, 0.29) is 0 Å². The minimum Gasteiger partial charge on any atom is -0.466 e. The Morgan fingerprint density at radius 2 is 1.18 bits per heavy atom. The summed E-state index contributed by atoms with van der Waals surface area (Å²) in [6.07, 6.45) is 3.45. The lowest BCUT2D eigenvalue weighted by molar-refractivity contribution is 0.484. The zero-order valence-corrected chi connectivity index (χ0v) is 13.8. The van der Waals surface area contributed by atoms with Crippen LogP contribution in [-0.2, 0) is 12.8 Å². The largest absolute Gasteiger partial charge is 0.466 e. The average molecular weight is 300 g/mol. The first-order valence-electron chi connectivity index (χ1n) is 7.70. The predicted molar refractivity (Wildman–Crippen MR) is 89.8 cm³/mol. The minimum atomic E-state index is 0.862. The van der Waals surface area contributed by atoms with Crippen LogP contribution in [0, 0.1) is 13.8 Å². The van der Waals surface area contributed by atoms with Gasteiger partial charge in [-0.1, -0.05) is 0 Å². The number of nitrogens with zero attached hydrogens (tertiary/aromatic N) is 2. The van der Waals surface area contributed by atoms with E-state index in [0.29, 0.717) is 0 Å². The van der Waals surface area contributed by atoms with Gasteiger partial charge in [0.2, 0.25) is 0 Å². The van der Waals surface area contributed by atoms with Crippen molar-refractivity contribution in [2.75, 3.05) is 0 Å². The molecule has 0 unspecified atom stereocenters. The third kappa shape index (κ3) is 5.35. The molecule has 0 aromatic carbocycles. The van der Waals surface area contributed by atoms with E-state index >= 15 is 0 Å². The molecule has 118 valence electrons. The van der Waals surface area contributed by atoms with Crippen LogP contribution in [0.25, 0.3) is 0 Å². The lowest BCUT2D eigenvalue weighted by Crippen LogP contribution is -1.97. The molecule has 2 heterocycles. The van der Waals surface area contributed by atoms with Gasteiger partial charge >= 0.3 is 0 Å². The van der Waals surface area contributed by atoms with Gasteiger partial charge in [-0.15, -0.1) is 0 Å². The summed E-state index contributed by atoms with van der Waals surface area (Å²) in [5.74, 6) is 3.90. The Balaban J connectivity index is 1.77. The molecule has 0 N–H and O–H groups in total. The Kier molecular flexibility index (Phi) is 5.75. The highest BCUT2D eigenvalue weighted by molar-refractivity contribution is 5.85. The summed E-state index contributed by atoms with van der Waals surface area (Å²) in [6.45, 7) is 7.92. The van der Waals surface area contributed by atoms with Crippen LogP contribution in [0.15, 0.2) is 43.3 Å². The van der Waals surface area contributed by atoms with Gasteiger partial charge in [0.1, 0.15) is 23.0 Å². The lowest BCUT2D eigenvalue weighted by atomic mass is 10.2. The van der Waals surface area contributed by atoms with Crippen molar-refractivity contribution in [3.05, 3.63) is 47.3 Å². The van der Waals surface area contributed by atoms with Crippen LogP contribution in [-0.4, -0.2) is 11.4 Å². The smallest absolute Gasteiger partial charge is 0.104 e. The molecule has 0 aliphatic rings. The second kappa shape index (κ2) is 7.78. The molecule has 2 rings (SSSR count). The van der Waals surface area contributed by atoms with Crippen molar-refractivity contribution in [1.82, 2.24) is 0 Å². The van der Waals surface area contributed by atoms with Crippen LogP contribution in [0.4, 0.5) is 0 Å². The van der Waals surface area contributed by atoms with Gasteiger partial charge < -0.3 is 8.83 Å². The van der Waals surface area contributed by atoms with Gasteiger partial charge in [0.05, 0.1) is 0 Å². The van der Waals surface area contributed by atoms with Crippen molar-refractivity contribution >= 4 is 11.4 Å². The molecule has 0 amide bonds. The predicted octanol–water partition coefficient (Wildman–Crippen LogP) is 4.89. The maximum Gasteiger partial charge on any atom is 0.104 e. The molecule has 0 saturated heterocycles. The van der Waals surface area contributed by atoms with E-state index in [1.54, 1.807) is 0 Å². The number of hydrogen-bond acceptors (Lipinski definition) is 4. The molecular weight excluding hydrogens is 276 g/mol. The van der Waals surface area contributed by atoms with Gasteiger partial charge in [0.15, 0.2) is 0 Å². The summed E-state index contributed by atoms with van der Waals surface area (Å²) in [5, 5.41) is 8.59. The van der Waals surface area contributed by atoms with Crippen LogP contribution in [0.5, 0.6) is 0 Å². The van der Waals surface area contributed by atoms with Crippen LogP contribution in [0.2, 0.25) is 0 Å². The highest BCUT2D eigenvalue weighted by atomic mass is 16.3. The Hall–Kier alpha value is -2.10. The van der Waals surface area contributed by atoms with Crippen LogP contribution in [0.1, 0.15) is 49.7 Å². The first-order chi connectivity index (χ1) is 10.5. The molecule has 0 radical (unpaired) electrons. The summed E-state index contributed by atoms with van der Waals surface area (Å²) < 4.78 is 11.1. The van der Waals surface area contributed by atoms with Crippen LogP contribution >= 0.6 is 0 Å². The van der Waals surface area contributed by atoms with E-state index in [9.17, 15) is 0 Å². The van der Waals surface area contributed by atoms with E-state index < -0.39 is 0 Å². The fourth-order valence-electron chi connectivity index (χ4n) is 2.12. The normalized spacial score (nSPS) is 12.9. The highest BCUT2D eigenvalue weighted by Crippen LogP contribution is 2.10. The minimum absolute atomic E-state index is 0.862. The second-order valence-electron chi connectivity index (χ2n) is 5.70. The number of rotatable bonds is 7. The van der Waals surface area contributed by atoms with Crippen molar-refractivity contribution in [2.45, 2.75) is 53.4 Å². The Morgan fingerprint density at radius 3 is 1.50 bits per heavy atom. The molecule has 2 aromatic rings. The van der Waals surface area contributed by atoms with Crippen molar-refractivity contribution in [3.63, 3.8) is 0 Å². The Morgan fingerprint density at radius 1 is 0.773 bits per heavy atom. The quantitative estimate of drug-likeness (QED) is 0.540. The van der Waals surface area contributed by atoms with Gasteiger partial charge in [-0.3, -0.25) is 0 Å². The van der Waals surface area contributed by atoms with Crippen molar-refractivity contribution in [1.29, 1.82) is 0 Å². The van der Waals surface area contributed by atoms with Crippen LogP contribution in [0.3, 0.4) is 0 Å². The molecule has 2 aromatic heterocycles. The molecule has 0 aliphatic heterocycles. The second-order valence-corrected chi connectivity index (χ2v) is 5.70. The lowest BCUT2D eigenvalue weighted by Gasteiger charge is -1.99. The molecule has 0 bridgehead atoms. The molecule has 4 nitrogen and oxygen atoms in total. The summed E-state index contributed by atoms with van der Waals surface area (Å²) in [6, 6.07) is 8.01. The summed E-state index contributed by atoms with van der Waals surface area (Å²) >= 11 is 0. The van der Waals surface area contributed by atoms with Gasteiger partial charge in [0, 0.05) is 24.3 Å². The SMILES string of the molecule is C/C(CCc1ccc(C)o1)=N/N=C(/C)CCc1ccc(C)o1. The van der Waals surface area contributed by atoms with Gasteiger partial charge in [0.25, 0.3) is 0 Å². The third-order valence-corrected chi connectivity index (χ3v) is 3.45. The molecular formula is C18H24N2O2. The maximum atomic E-state index is 5.55. The first-order valence-corrected chi connectivity index (χ1v) is 7.70. The maximum absolute atomic E-state index is 5.55. The van der Waals surface area contributed by atoms with Gasteiger partial charge in [-0.05, 0) is 64.8 Å².